The molecule has 0 atom stereocenters. The van der Waals surface area contributed by atoms with E-state index in [1.165, 1.54) is 17.0 Å². The second-order valence-corrected chi connectivity index (χ2v) is 7.62. The van der Waals surface area contributed by atoms with Crippen molar-refractivity contribution in [1.82, 2.24) is 14.7 Å². The van der Waals surface area contributed by atoms with Gasteiger partial charge in [0.15, 0.2) is 0 Å². The van der Waals surface area contributed by atoms with E-state index < -0.39 is 11.7 Å². The summed E-state index contributed by atoms with van der Waals surface area (Å²) in [5.41, 5.74) is 0.922. The van der Waals surface area contributed by atoms with Gasteiger partial charge in [0.25, 0.3) is 11.8 Å². The molecule has 2 aliphatic rings. The number of fused-ring (bicyclic) bond motifs is 1. The Kier molecular flexibility index (Phi) is 5.62. The molecule has 1 saturated heterocycles. The fourth-order valence-electron chi connectivity index (χ4n) is 3.96. The van der Waals surface area contributed by atoms with E-state index in [9.17, 15) is 22.8 Å². The number of nitrogens with zero attached hydrogens (tertiary/aromatic N) is 3. The summed E-state index contributed by atoms with van der Waals surface area (Å²) in [5.74, 6) is -0.502. The van der Waals surface area contributed by atoms with Crippen molar-refractivity contribution in [2.75, 3.05) is 39.3 Å². The Morgan fingerprint density at radius 3 is 1.97 bits per heavy atom. The lowest BCUT2D eigenvalue weighted by Gasteiger charge is -2.35. The molecule has 8 heteroatoms. The van der Waals surface area contributed by atoms with E-state index in [1.54, 1.807) is 30.3 Å². The summed E-state index contributed by atoms with van der Waals surface area (Å²) in [6, 6.07) is 12.3. The van der Waals surface area contributed by atoms with Crippen LogP contribution in [-0.4, -0.2) is 65.8 Å². The molecule has 0 bridgehead atoms. The van der Waals surface area contributed by atoms with Crippen LogP contribution in [0.1, 0.15) is 31.8 Å². The summed E-state index contributed by atoms with van der Waals surface area (Å²) in [6.07, 6.45) is -4.33. The van der Waals surface area contributed by atoms with E-state index in [2.05, 4.69) is 9.80 Å². The Hall–Kier alpha value is -2.71. The lowest BCUT2D eigenvalue weighted by Crippen LogP contribution is -2.48. The molecule has 4 rings (SSSR count). The molecule has 5 nitrogen and oxygen atoms in total. The maximum absolute atomic E-state index is 12.9. The minimum Gasteiger partial charge on any atom is -0.299 e. The molecule has 0 spiro atoms. The van der Waals surface area contributed by atoms with Gasteiger partial charge in [-0.15, -0.1) is 0 Å². The number of alkyl halides is 3. The number of carbonyl (C=O) groups excluding carboxylic acids is 2. The van der Waals surface area contributed by atoms with Gasteiger partial charge in [-0.25, -0.2) is 0 Å². The fourth-order valence-corrected chi connectivity index (χ4v) is 3.96. The Balaban J connectivity index is 1.27. The smallest absolute Gasteiger partial charge is 0.299 e. The number of benzene rings is 2. The van der Waals surface area contributed by atoms with Crippen LogP contribution in [0.3, 0.4) is 0 Å². The molecule has 2 amide bonds. The molecule has 2 aliphatic heterocycles. The predicted octanol–water partition coefficient (Wildman–Crippen LogP) is 3.12. The summed E-state index contributed by atoms with van der Waals surface area (Å²) in [7, 11) is 0. The minimum absolute atomic E-state index is 0.251. The van der Waals surface area contributed by atoms with Crippen molar-refractivity contribution in [2.45, 2.75) is 12.7 Å². The molecule has 0 aliphatic carbocycles. The molecular formula is C22H22F3N3O2. The first kappa shape index (κ1) is 20.6. The SMILES string of the molecule is O=C1c2ccccc2C(=O)N1CCN1CCN(Cc2cccc(C(F)(F)F)c2)CC1. The molecule has 0 aromatic heterocycles. The summed E-state index contributed by atoms with van der Waals surface area (Å²) in [5, 5.41) is 0. The van der Waals surface area contributed by atoms with Gasteiger partial charge in [0.2, 0.25) is 0 Å². The number of carbonyl (C=O) groups is 2. The van der Waals surface area contributed by atoms with Gasteiger partial charge in [0.1, 0.15) is 0 Å². The van der Waals surface area contributed by atoms with E-state index in [4.69, 9.17) is 0 Å². The van der Waals surface area contributed by atoms with Gasteiger partial charge in [-0.05, 0) is 23.8 Å². The van der Waals surface area contributed by atoms with Crippen molar-refractivity contribution in [2.24, 2.45) is 0 Å². The van der Waals surface area contributed by atoms with Gasteiger partial charge >= 0.3 is 6.18 Å². The van der Waals surface area contributed by atoms with E-state index in [-0.39, 0.29) is 11.8 Å². The third kappa shape index (κ3) is 4.24. The molecule has 2 aromatic rings. The monoisotopic (exact) mass is 417 g/mol. The van der Waals surface area contributed by atoms with Crippen LogP contribution in [0.15, 0.2) is 48.5 Å². The number of halogens is 3. The molecule has 0 radical (unpaired) electrons. The number of imide groups is 1. The highest BCUT2D eigenvalue weighted by atomic mass is 19.4. The van der Waals surface area contributed by atoms with Crippen LogP contribution >= 0.6 is 0 Å². The van der Waals surface area contributed by atoms with Crippen LogP contribution < -0.4 is 0 Å². The molecule has 0 saturated carbocycles. The van der Waals surface area contributed by atoms with Crippen LogP contribution in [-0.2, 0) is 12.7 Å². The topological polar surface area (TPSA) is 43.9 Å². The second kappa shape index (κ2) is 8.20. The quantitative estimate of drug-likeness (QED) is 0.702. The standard InChI is InChI=1S/C22H22F3N3O2/c23-22(24,25)17-5-3-4-16(14-17)15-27-10-8-26(9-11-27)12-13-28-20(29)18-6-1-2-7-19(18)21(28)30/h1-7,14H,8-13,15H2. The zero-order valence-corrected chi connectivity index (χ0v) is 16.4. The molecule has 30 heavy (non-hydrogen) atoms. The van der Waals surface area contributed by atoms with Crippen molar-refractivity contribution in [1.29, 1.82) is 0 Å². The van der Waals surface area contributed by atoms with Crippen LogP contribution in [0, 0.1) is 0 Å². The van der Waals surface area contributed by atoms with Crippen molar-refractivity contribution in [3.05, 3.63) is 70.8 Å². The van der Waals surface area contributed by atoms with Crippen LogP contribution in [0.25, 0.3) is 0 Å². The summed E-state index contributed by atoms with van der Waals surface area (Å²) >= 11 is 0. The van der Waals surface area contributed by atoms with Gasteiger partial charge in [-0.2, -0.15) is 13.2 Å². The van der Waals surface area contributed by atoms with Gasteiger partial charge < -0.3 is 0 Å². The average molecular weight is 417 g/mol. The molecule has 0 unspecified atom stereocenters. The Morgan fingerprint density at radius 2 is 1.37 bits per heavy atom. The normalized spacial score (nSPS) is 18.2. The first-order valence-corrected chi connectivity index (χ1v) is 9.89. The highest BCUT2D eigenvalue weighted by Crippen LogP contribution is 2.30. The first-order chi connectivity index (χ1) is 14.3. The lowest BCUT2D eigenvalue weighted by molar-refractivity contribution is -0.137. The third-order valence-electron chi connectivity index (χ3n) is 5.64. The third-order valence-corrected chi connectivity index (χ3v) is 5.64. The fraction of sp³-hybridized carbons (Fsp3) is 0.364. The van der Waals surface area contributed by atoms with E-state index in [0.717, 1.165) is 32.2 Å². The molecule has 2 heterocycles. The number of amides is 2. The lowest BCUT2D eigenvalue weighted by atomic mass is 10.1. The zero-order valence-electron chi connectivity index (χ0n) is 16.4. The van der Waals surface area contributed by atoms with Gasteiger partial charge in [-0.3, -0.25) is 24.3 Å². The van der Waals surface area contributed by atoms with E-state index in [0.29, 0.717) is 36.3 Å². The van der Waals surface area contributed by atoms with Gasteiger partial charge in [-0.1, -0.05) is 30.3 Å². The second-order valence-electron chi connectivity index (χ2n) is 7.62. The first-order valence-electron chi connectivity index (χ1n) is 9.89. The summed E-state index contributed by atoms with van der Waals surface area (Å²) in [4.78, 5) is 30.4. The Bertz CT molecular complexity index is 918. The van der Waals surface area contributed by atoms with Gasteiger partial charge in [0, 0.05) is 45.8 Å². The maximum atomic E-state index is 12.9. The van der Waals surface area contributed by atoms with Crippen molar-refractivity contribution < 1.29 is 22.8 Å². The summed E-state index contributed by atoms with van der Waals surface area (Å²) < 4.78 is 38.6. The Labute approximate surface area is 172 Å². The van der Waals surface area contributed by atoms with Crippen molar-refractivity contribution in [3.63, 3.8) is 0 Å². The highest BCUT2D eigenvalue weighted by Gasteiger charge is 2.35. The number of rotatable bonds is 5. The largest absolute Gasteiger partial charge is 0.416 e. The molecule has 2 aromatic carbocycles. The molecule has 0 N–H and O–H groups in total. The number of hydrogen-bond acceptors (Lipinski definition) is 4. The Morgan fingerprint density at radius 1 is 0.767 bits per heavy atom. The number of hydrogen-bond donors (Lipinski definition) is 0. The molecule has 158 valence electrons. The van der Waals surface area contributed by atoms with E-state index >= 15 is 0 Å². The van der Waals surface area contributed by atoms with Crippen LogP contribution in [0.5, 0.6) is 0 Å². The van der Waals surface area contributed by atoms with E-state index in [1.807, 2.05) is 0 Å². The van der Waals surface area contributed by atoms with Crippen molar-refractivity contribution in [3.8, 4) is 0 Å². The van der Waals surface area contributed by atoms with Crippen LogP contribution in [0.4, 0.5) is 13.2 Å². The van der Waals surface area contributed by atoms with Crippen LogP contribution in [0.2, 0.25) is 0 Å². The molecule has 1 fully saturated rings. The zero-order chi connectivity index (χ0) is 21.3. The average Bonchev–Trinajstić information content (AvgIpc) is 2.98. The number of piperazine rings is 1. The minimum atomic E-state index is -4.33. The van der Waals surface area contributed by atoms with Crippen molar-refractivity contribution >= 4 is 11.8 Å². The maximum Gasteiger partial charge on any atom is 0.416 e. The van der Waals surface area contributed by atoms with Gasteiger partial charge in [0.05, 0.1) is 16.7 Å². The summed E-state index contributed by atoms with van der Waals surface area (Å²) in [6.45, 7) is 4.31. The highest BCUT2D eigenvalue weighted by molar-refractivity contribution is 6.21. The predicted molar refractivity (Wildman–Crippen MR) is 105 cm³/mol. The molecular weight excluding hydrogens is 395 g/mol.